The van der Waals surface area contributed by atoms with Crippen LogP contribution in [0.4, 0.5) is 0 Å². The van der Waals surface area contributed by atoms with Crippen LogP contribution in [0.3, 0.4) is 0 Å². The van der Waals surface area contributed by atoms with Gasteiger partial charge in [0, 0.05) is 10.1 Å². The summed E-state index contributed by atoms with van der Waals surface area (Å²) in [5, 5.41) is 13.3. The molecule has 1 unspecified atom stereocenters. The average Bonchev–Trinajstić information content (AvgIpc) is 2.43. The Morgan fingerprint density at radius 1 is 1.50 bits per heavy atom. The fourth-order valence-corrected chi connectivity index (χ4v) is 4.22. The summed E-state index contributed by atoms with van der Waals surface area (Å²) in [5.41, 5.74) is -0.200. The zero-order valence-electron chi connectivity index (χ0n) is 11.2. The molecule has 1 heterocycles. The zero-order chi connectivity index (χ0) is 14.8. The Hall–Kier alpha value is -0.0900. The molecule has 2 rings (SSSR count). The van der Waals surface area contributed by atoms with Crippen LogP contribution < -0.4 is 5.32 Å². The van der Waals surface area contributed by atoms with Gasteiger partial charge >= 0.3 is 5.97 Å². The van der Waals surface area contributed by atoms with Crippen LogP contribution in [0.5, 0.6) is 5.75 Å². The first-order valence-corrected chi connectivity index (χ1v) is 8.75. The van der Waals surface area contributed by atoms with Gasteiger partial charge in [-0.3, -0.25) is 0 Å². The molecule has 1 aromatic carbocycles. The van der Waals surface area contributed by atoms with Gasteiger partial charge in [0.05, 0.1) is 3.57 Å². The van der Waals surface area contributed by atoms with Crippen LogP contribution in [-0.4, -0.2) is 29.8 Å². The van der Waals surface area contributed by atoms with E-state index in [1.54, 1.807) is 6.07 Å². The first-order chi connectivity index (χ1) is 9.47. The van der Waals surface area contributed by atoms with Gasteiger partial charge in [0.25, 0.3) is 0 Å². The third-order valence-corrected chi connectivity index (χ3v) is 5.08. The SMILES string of the molecule is CCC1(OC(=O)c2cc(I)cc(I)c2O)CCCNC1. The number of esters is 1. The van der Waals surface area contributed by atoms with Crippen LogP contribution in [0.15, 0.2) is 12.1 Å². The number of aromatic hydroxyl groups is 1. The molecule has 0 radical (unpaired) electrons. The van der Waals surface area contributed by atoms with Crippen molar-refractivity contribution in [3.8, 4) is 5.75 Å². The van der Waals surface area contributed by atoms with Crippen molar-refractivity contribution in [2.45, 2.75) is 31.8 Å². The second-order valence-corrected chi connectivity index (χ2v) is 7.40. The highest BCUT2D eigenvalue weighted by atomic mass is 127. The van der Waals surface area contributed by atoms with Gasteiger partial charge in [0.15, 0.2) is 0 Å². The topological polar surface area (TPSA) is 58.6 Å². The largest absolute Gasteiger partial charge is 0.506 e. The van der Waals surface area contributed by atoms with Crippen molar-refractivity contribution in [3.63, 3.8) is 0 Å². The summed E-state index contributed by atoms with van der Waals surface area (Å²) in [6.45, 7) is 3.67. The lowest BCUT2D eigenvalue weighted by Gasteiger charge is -2.36. The zero-order valence-corrected chi connectivity index (χ0v) is 15.5. The predicted molar refractivity (Wildman–Crippen MR) is 94.1 cm³/mol. The smallest absolute Gasteiger partial charge is 0.342 e. The molecule has 0 aromatic heterocycles. The van der Waals surface area contributed by atoms with Crippen LogP contribution in [-0.2, 0) is 4.74 Å². The van der Waals surface area contributed by atoms with E-state index in [4.69, 9.17) is 4.74 Å². The molecule has 4 nitrogen and oxygen atoms in total. The van der Waals surface area contributed by atoms with Crippen molar-refractivity contribution in [1.29, 1.82) is 0 Å². The molecule has 110 valence electrons. The number of benzene rings is 1. The lowest BCUT2D eigenvalue weighted by Crippen LogP contribution is -2.48. The minimum absolute atomic E-state index is 0.00559. The van der Waals surface area contributed by atoms with Crippen molar-refractivity contribution < 1.29 is 14.6 Å². The average molecular weight is 501 g/mol. The Morgan fingerprint density at radius 2 is 2.25 bits per heavy atom. The van der Waals surface area contributed by atoms with Gasteiger partial charge in [0.1, 0.15) is 16.9 Å². The van der Waals surface area contributed by atoms with E-state index in [9.17, 15) is 9.90 Å². The van der Waals surface area contributed by atoms with Gasteiger partial charge in [-0.25, -0.2) is 4.79 Å². The fraction of sp³-hybridized carbons (Fsp3) is 0.500. The summed E-state index contributed by atoms with van der Waals surface area (Å²) in [7, 11) is 0. The van der Waals surface area contributed by atoms with Crippen LogP contribution in [0.1, 0.15) is 36.5 Å². The Bertz CT molecular complexity index is 513. The van der Waals surface area contributed by atoms with Gasteiger partial charge in [-0.15, -0.1) is 0 Å². The molecule has 0 amide bonds. The molecule has 0 saturated carbocycles. The summed E-state index contributed by atoms with van der Waals surface area (Å²) in [6, 6.07) is 3.49. The van der Waals surface area contributed by atoms with Gasteiger partial charge in [-0.2, -0.15) is 0 Å². The Kier molecular flexibility index (Phi) is 5.52. The minimum atomic E-state index is -0.450. The van der Waals surface area contributed by atoms with E-state index < -0.39 is 11.6 Å². The van der Waals surface area contributed by atoms with E-state index in [2.05, 4.69) is 27.9 Å². The van der Waals surface area contributed by atoms with E-state index in [0.717, 1.165) is 29.4 Å². The molecule has 20 heavy (non-hydrogen) atoms. The molecule has 0 spiro atoms. The monoisotopic (exact) mass is 501 g/mol. The number of rotatable bonds is 3. The van der Waals surface area contributed by atoms with Crippen molar-refractivity contribution in [1.82, 2.24) is 5.32 Å². The first kappa shape index (κ1) is 16.3. The number of ether oxygens (including phenoxy) is 1. The van der Waals surface area contributed by atoms with Crippen molar-refractivity contribution in [3.05, 3.63) is 24.8 Å². The van der Waals surface area contributed by atoms with Crippen LogP contribution >= 0.6 is 45.2 Å². The number of phenolic OH excluding ortho intramolecular Hbond substituents is 1. The van der Waals surface area contributed by atoms with E-state index in [-0.39, 0.29) is 11.3 Å². The molecule has 6 heteroatoms. The van der Waals surface area contributed by atoms with E-state index in [0.29, 0.717) is 10.1 Å². The van der Waals surface area contributed by atoms with E-state index in [1.807, 2.05) is 35.6 Å². The third kappa shape index (κ3) is 3.56. The number of phenols is 1. The normalized spacial score (nSPS) is 22.6. The highest BCUT2D eigenvalue weighted by molar-refractivity contribution is 14.1. The summed E-state index contributed by atoms with van der Waals surface area (Å²) < 4.78 is 7.30. The number of halogens is 2. The number of nitrogens with one attached hydrogen (secondary N) is 1. The maximum absolute atomic E-state index is 12.4. The Labute approximate surface area is 145 Å². The first-order valence-electron chi connectivity index (χ1n) is 6.59. The van der Waals surface area contributed by atoms with E-state index in [1.165, 1.54) is 0 Å². The molecule has 0 bridgehead atoms. The number of piperidine rings is 1. The highest BCUT2D eigenvalue weighted by Crippen LogP contribution is 2.31. The molecular formula is C14H17I2NO3. The molecule has 1 aromatic rings. The Morgan fingerprint density at radius 3 is 2.85 bits per heavy atom. The second kappa shape index (κ2) is 6.78. The quantitative estimate of drug-likeness (QED) is 0.494. The molecule has 1 fully saturated rings. The van der Waals surface area contributed by atoms with E-state index >= 15 is 0 Å². The van der Waals surface area contributed by atoms with Crippen LogP contribution in [0.2, 0.25) is 0 Å². The molecular weight excluding hydrogens is 484 g/mol. The van der Waals surface area contributed by atoms with Crippen molar-refractivity contribution in [2.24, 2.45) is 0 Å². The van der Waals surface area contributed by atoms with Crippen molar-refractivity contribution >= 4 is 51.2 Å². The third-order valence-electron chi connectivity index (χ3n) is 3.63. The summed E-state index contributed by atoms with van der Waals surface area (Å²) in [6.07, 6.45) is 2.63. The second-order valence-electron chi connectivity index (χ2n) is 4.99. The maximum Gasteiger partial charge on any atom is 0.342 e. The number of hydrogen-bond donors (Lipinski definition) is 2. The van der Waals surface area contributed by atoms with Gasteiger partial charge in [0.2, 0.25) is 0 Å². The summed E-state index contributed by atoms with van der Waals surface area (Å²) >= 11 is 4.15. The lowest BCUT2D eigenvalue weighted by molar-refractivity contribution is -0.0324. The number of hydrogen-bond acceptors (Lipinski definition) is 4. The standard InChI is InChI=1S/C14H17I2NO3/c1-2-14(4-3-5-17-8-14)20-13(19)10-6-9(15)7-11(16)12(10)18/h6-7,17-18H,2-5,8H2,1H3. The predicted octanol–water partition coefficient (Wildman–Crippen LogP) is 3.29. The molecule has 1 aliphatic heterocycles. The minimum Gasteiger partial charge on any atom is -0.506 e. The Balaban J connectivity index is 2.23. The molecule has 0 aliphatic carbocycles. The van der Waals surface area contributed by atoms with Crippen molar-refractivity contribution in [2.75, 3.05) is 13.1 Å². The molecule has 1 aliphatic rings. The van der Waals surface area contributed by atoms with Gasteiger partial charge in [-0.1, -0.05) is 6.92 Å². The summed E-state index contributed by atoms with van der Waals surface area (Å²) in [5.74, 6) is -0.435. The van der Waals surface area contributed by atoms with Gasteiger partial charge < -0.3 is 15.2 Å². The highest BCUT2D eigenvalue weighted by Gasteiger charge is 2.35. The molecule has 2 N–H and O–H groups in total. The van der Waals surface area contributed by atoms with Crippen LogP contribution in [0, 0.1) is 7.14 Å². The number of carbonyl (C=O) groups excluding carboxylic acids is 1. The molecule has 1 saturated heterocycles. The van der Waals surface area contributed by atoms with Crippen LogP contribution in [0.25, 0.3) is 0 Å². The molecule has 1 atom stereocenters. The number of carbonyl (C=O) groups is 1. The maximum atomic E-state index is 12.4. The summed E-state index contributed by atoms with van der Waals surface area (Å²) in [4.78, 5) is 12.4. The fourth-order valence-electron chi connectivity index (χ4n) is 2.37. The van der Waals surface area contributed by atoms with Gasteiger partial charge in [-0.05, 0) is 83.1 Å². The lowest BCUT2D eigenvalue weighted by atomic mass is 9.91.